The molecule has 0 unspecified atom stereocenters. The third-order valence-corrected chi connectivity index (χ3v) is 4.62. The highest BCUT2D eigenvalue weighted by atomic mass is 16.5. The minimum atomic E-state index is 0.0645. The zero-order chi connectivity index (χ0) is 16.9. The van der Waals surface area contributed by atoms with Crippen molar-refractivity contribution in [1.82, 2.24) is 4.90 Å². The number of fused-ring (bicyclic) bond motifs is 1. The van der Waals surface area contributed by atoms with Gasteiger partial charge in [0, 0.05) is 24.7 Å². The molecule has 3 heteroatoms. The Balaban J connectivity index is 1.75. The number of nitrogens with zero attached hydrogens (tertiary/aromatic N) is 1. The Labute approximate surface area is 144 Å². The second-order valence-corrected chi connectivity index (χ2v) is 6.39. The molecule has 3 nitrogen and oxygen atoms in total. The lowest BCUT2D eigenvalue weighted by atomic mass is 9.90. The summed E-state index contributed by atoms with van der Waals surface area (Å²) in [6.45, 7) is 3.14. The number of carbonyl (C=O) groups is 1. The van der Waals surface area contributed by atoms with Gasteiger partial charge in [0.15, 0.2) is 0 Å². The molecule has 126 valence electrons. The van der Waals surface area contributed by atoms with E-state index in [9.17, 15) is 4.79 Å². The van der Waals surface area contributed by atoms with E-state index in [1.807, 2.05) is 44.3 Å². The van der Waals surface area contributed by atoms with Crippen LogP contribution in [0.25, 0.3) is 0 Å². The van der Waals surface area contributed by atoms with Crippen LogP contribution in [0.15, 0.2) is 42.5 Å². The van der Waals surface area contributed by atoms with Crippen molar-refractivity contribution in [3.63, 3.8) is 0 Å². The number of benzene rings is 2. The van der Waals surface area contributed by atoms with Crippen LogP contribution < -0.4 is 4.74 Å². The number of hydrogen-bond donors (Lipinski definition) is 0. The van der Waals surface area contributed by atoms with Gasteiger partial charge in [-0.1, -0.05) is 24.3 Å². The number of hydrogen-bond acceptors (Lipinski definition) is 2. The Kier molecular flexibility index (Phi) is 5.19. The molecule has 0 atom stereocenters. The molecule has 2 aromatic rings. The van der Waals surface area contributed by atoms with Crippen molar-refractivity contribution in [1.29, 1.82) is 0 Å². The molecule has 24 heavy (non-hydrogen) atoms. The summed E-state index contributed by atoms with van der Waals surface area (Å²) in [6, 6.07) is 14.1. The maximum atomic E-state index is 12.8. The summed E-state index contributed by atoms with van der Waals surface area (Å²) in [4.78, 5) is 14.6. The van der Waals surface area contributed by atoms with Gasteiger partial charge in [0.1, 0.15) is 5.75 Å². The van der Waals surface area contributed by atoms with E-state index in [0.717, 1.165) is 29.7 Å². The van der Waals surface area contributed by atoms with E-state index in [1.165, 1.54) is 24.0 Å². The maximum absolute atomic E-state index is 12.8. The third kappa shape index (κ3) is 3.61. The molecule has 1 aliphatic rings. The average Bonchev–Trinajstić information content (AvgIpc) is 2.62. The highest BCUT2D eigenvalue weighted by Gasteiger charge is 2.17. The molecule has 0 N–H and O–H groups in total. The minimum Gasteiger partial charge on any atom is -0.494 e. The Hall–Kier alpha value is -2.29. The van der Waals surface area contributed by atoms with Crippen molar-refractivity contribution in [2.24, 2.45) is 0 Å². The zero-order valence-electron chi connectivity index (χ0n) is 14.5. The monoisotopic (exact) mass is 323 g/mol. The van der Waals surface area contributed by atoms with E-state index in [1.54, 1.807) is 4.90 Å². The first-order chi connectivity index (χ1) is 11.7. The summed E-state index contributed by atoms with van der Waals surface area (Å²) < 4.78 is 5.66. The maximum Gasteiger partial charge on any atom is 0.253 e. The van der Waals surface area contributed by atoms with Crippen molar-refractivity contribution in [3.8, 4) is 5.75 Å². The summed E-state index contributed by atoms with van der Waals surface area (Å²) >= 11 is 0. The standard InChI is InChI=1S/C21H25NO2/c1-3-24-20-11-7-6-10-19(20)15-22(2)21(23)18-13-12-16-8-4-5-9-17(16)14-18/h6-7,10-14H,3-5,8-9,15H2,1-2H3. The smallest absolute Gasteiger partial charge is 0.253 e. The van der Waals surface area contributed by atoms with Gasteiger partial charge < -0.3 is 9.64 Å². The quantitative estimate of drug-likeness (QED) is 0.824. The highest BCUT2D eigenvalue weighted by molar-refractivity contribution is 5.94. The molecule has 1 aliphatic carbocycles. The van der Waals surface area contributed by atoms with Crippen LogP contribution in [0.4, 0.5) is 0 Å². The summed E-state index contributed by atoms with van der Waals surface area (Å²) in [7, 11) is 1.85. The molecule has 0 bridgehead atoms. The molecule has 0 saturated carbocycles. The van der Waals surface area contributed by atoms with Gasteiger partial charge in [-0.2, -0.15) is 0 Å². The van der Waals surface area contributed by atoms with Gasteiger partial charge in [0.2, 0.25) is 0 Å². The van der Waals surface area contributed by atoms with Crippen molar-refractivity contribution in [3.05, 3.63) is 64.7 Å². The minimum absolute atomic E-state index is 0.0645. The van der Waals surface area contributed by atoms with Gasteiger partial charge in [-0.05, 0) is 61.9 Å². The van der Waals surface area contributed by atoms with Crippen molar-refractivity contribution in [2.75, 3.05) is 13.7 Å². The summed E-state index contributed by atoms with van der Waals surface area (Å²) in [6.07, 6.45) is 4.71. The topological polar surface area (TPSA) is 29.5 Å². The molecule has 0 spiro atoms. The first-order valence-corrected chi connectivity index (χ1v) is 8.77. The van der Waals surface area contributed by atoms with Crippen LogP contribution in [0.2, 0.25) is 0 Å². The van der Waals surface area contributed by atoms with E-state index < -0.39 is 0 Å². The molecule has 0 radical (unpaired) electrons. The van der Waals surface area contributed by atoms with Crippen LogP contribution in [0.3, 0.4) is 0 Å². The molecule has 2 aromatic carbocycles. The molecule has 0 saturated heterocycles. The zero-order valence-corrected chi connectivity index (χ0v) is 14.5. The predicted molar refractivity (Wildman–Crippen MR) is 96.5 cm³/mol. The fourth-order valence-corrected chi connectivity index (χ4v) is 3.34. The molecule has 0 aliphatic heterocycles. The Morgan fingerprint density at radius 2 is 1.83 bits per heavy atom. The SMILES string of the molecule is CCOc1ccccc1CN(C)C(=O)c1ccc2c(c1)CCCC2. The van der Waals surface area contributed by atoms with Crippen LogP contribution in [-0.4, -0.2) is 24.5 Å². The molecule has 0 heterocycles. The van der Waals surface area contributed by atoms with Crippen molar-refractivity contribution < 1.29 is 9.53 Å². The molecular weight excluding hydrogens is 298 g/mol. The fourth-order valence-electron chi connectivity index (χ4n) is 3.34. The van der Waals surface area contributed by atoms with Gasteiger partial charge in [-0.25, -0.2) is 0 Å². The van der Waals surface area contributed by atoms with E-state index in [4.69, 9.17) is 4.74 Å². The fraction of sp³-hybridized carbons (Fsp3) is 0.381. The first kappa shape index (κ1) is 16.6. The Morgan fingerprint density at radius 1 is 1.08 bits per heavy atom. The largest absolute Gasteiger partial charge is 0.494 e. The van der Waals surface area contributed by atoms with E-state index in [0.29, 0.717) is 13.2 Å². The van der Waals surface area contributed by atoms with Gasteiger partial charge in [0.25, 0.3) is 5.91 Å². The summed E-state index contributed by atoms with van der Waals surface area (Å²) in [5.74, 6) is 0.916. The van der Waals surface area contributed by atoms with Gasteiger partial charge in [-0.15, -0.1) is 0 Å². The highest BCUT2D eigenvalue weighted by Crippen LogP contribution is 2.24. The second kappa shape index (κ2) is 7.52. The van der Waals surface area contributed by atoms with Gasteiger partial charge in [-0.3, -0.25) is 4.79 Å². The number of aryl methyl sites for hydroxylation is 2. The Bertz CT molecular complexity index is 724. The van der Waals surface area contributed by atoms with Crippen molar-refractivity contribution >= 4 is 5.91 Å². The number of ether oxygens (including phenoxy) is 1. The molecule has 3 rings (SSSR count). The average molecular weight is 323 g/mol. The lowest BCUT2D eigenvalue weighted by molar-refractivity contribution is 0.0784. The lowest BCUT2D eigenvalue weighted by Crippen LogP contribution is -2.26. The van der Waals surface area contributed by atoms with Gasteiger partial charge >= 0.3 is 0 Å². The van der Waals surface area contributed by atoms with E-state index in [-0.39, 0.29) is 5.91 Å². The molecule has 0 aromatic heterocycles. The van der Waals surface area contributed by atoms with Crippen LogP contribution in [-0.2, 0) is 19.4 Å². The lowest BCUT2D eigenvalue weighted by Gasteiger charge is -2.21. The van der Waals surface area contributed by atoms with Crippen LogP contribution in [0.1, 0.15) is 46.8 Å². The Morgan fingerprint density at radius 3 is 2.62 bits per heavy atom. The number of para-hydroxylation sites is 1. The van der Waals surface area contributed by atoms with Crippen LogP contribution >= 0.6 is 0 Å². The van der Waals surface area contributed by atoms with E-state index >= 15 is 0 Å². The summed E-state index contributed by atoms with van der Waals surface area (Å²) in [5, 5.41) is 0. The molecular formula is C21H25NO2. The van der Waals surface area contributed by atoms with Crippen molar-refractivity contribution in [2.45, 2.75) is 39.2 Å². The second-order valence-electron chi connectivity index (χ2n) is 6.39. The summed E-state index contributed by atoms with van der Waals surface area (Å²) in [5.41, 5.74) is 4.57. The van der Waals surface area contributed by atoms with Crippen LogP contribution in [0.5, 0.6) is 5.75 Å². The van der Waals surface area contributed by atoms with Gasteiger partial charge in [0.05, 0.1) is 6.61 Å². The number of carbonyl (C=O) groups excluding carboxylic acids is 1. The molecule has 1 amide bonds. The normalized spacial score (nSPS) is 13.2. The third-order valence-electron chi connectivity index (χ3n) is 4.62. The predicted octanol–water partition coefficient (Wildman–Crippen LogP) is 4.24. The molecule has 0 fully saturated rings. The first-order valence-electron chi connectivity index (χ1n) is 8.77. The van der Waals surface area contributed by atoms with E-state index in [2.05, 4.69) is 12.1 Å². The number of amides is 1. The van der Waals surface area contributed by atoms with Crippen LogP contribution in [0, 0.1) is 0 Å². The number of rotatable bonds is 5.